The predicted molar refractivity (Wildman–Crippen MR) is 88.9 cm³/mol. The van der Waals surface area contributed by atoms with Gasteiger partial charge in [0.1, 0.15) is 16.5 Å². The van der Waals surface area contributed by atoms with Crippen molar-refractivity contribution < 1.29 is 5.11 Å². The van der Waals surface area contributed by atoms with Crippen LogP contribution in [0.3, 0.4) is 0 Å². The number of anilines is 1. The third kappa shape index (κ3) is 2.49. The molecule has 1 unspecified atom stereocenters. The van der Waals surface area contributed by atoms with Gasteiger partial charge >= 0.3 is 0 Å². The zero-order chi connectivity index (χ0) is 15.1. The van der Waals surface area contributed by atoms with E-state index in [1.54, 1.807) is 11.3 Å². The summed E-state index contributed by atoms with van der Waals surface area (Å²) in [6.45, 7) is 2.95. The Morgan fingerprint density at radius 2 is 2.14 bits per heavy atom. The summed E-state index contributed by atoms with van der Waals surface area (Å²) in [5.74, 6) is 1.87. The average molecular weight is 318 g/mol. The summed E-state index contributed by atoms with van der Waals surface area (Å²) < 4.78 is 0. The molecule has 2 aromatic rings. The first-order valence-corrected chi connectivity index (χ1v) is 8.96. The van der Waals surface area contributed by atoms with Crippen molar-refractivity contribution >= 4 is 27.4 Å². The summed E-state index contributed by atoms with van der Waals surface area (Å²) >= 11 is 1.80. The van der Waals surface area contributed by atoms with Crippen molar-refractivity contribution in [3.8, 4) is 0 Å². The largest absolute Gasteiger partial charge is 0.396 e. The molecule has 118 valence electrons. The van der Waals surface area contributed by atoms with Crippen molar-refractivity contribution in [1.82, 2.24) is 14.9 Å². The number of hydrogen-bond acceptors (Lipinski definition) is 6. The van der Waals surface area contributed by atoms with Gasteiger partial charge in [-0.05, 0) is 50.1 Å². The summed E-state index contributed by atoms with van der Waals surface area (Å²) in [5, 5.41) is 10.4. The Kier molecular flexibility index (Phi) is 3.76. The molecule has 1 aliphatic heterocycles. The number of aliphatic hydroxyl groups excluding tert-OH is 1. The summed E-state index contributed by atoms with van der Waals surface area (Å²) in [4.78, 5) is 14.2. The van der Waals surface area contributed by atoms with Crippen molar-refractivity contribution in [2.45, 2.75) is 38.6 Å². The van der Waals surface area contributed by atoms with Crippen LogP contribution in [-0.4, -0.2) is 39.7 Å². The van der Waals surface area contributed by atoms with Crippen LogP contribution < -0.4 is 5.73 Å². The van der Waals surface area contributed by atoms with Crippen LogP contribution in [-0.2, 0) is 19.4 Å². The fraction of sp³-hybridized carbons (Fsp3) is 0.625. The van der Waals surface area contributed by atoms with Crippen molar-refractivity contribution in [2.75, 3.05) is 25.4 Å². The number of nitrogens with two attached hydrogens (primary N) is 1. The number of aromatic nitrogens is 2. The minimum absolute atomic E-state index is 0.274. The smallest absolute Gasteiger partial charge is 0.146 e. The van der Waals surface area contributed by atoms with Gasteiger partial charge in [0.15, 0.2) is 0 Å². The lowest BCUT2D eigenvalue weighted by molar-refractivity contribution is 0.219. The van der Waals surface area contributed by atoms with Crippen LogP contribution in [0.15, 0.2) is 0 Å². The molecule has 4 rings (SSSR count). The maximum absolute atomic E-state index is 9.25. The van der Waals surface area contributed by atoms with E-state index in [1.165, 1.54) is 23.3 Å². The van der Waals surface area contributed by atoms with Gasteiger partial charge in [0.05, 0.1) is 11.9 Å². The molecule has 3 N–H and O–H groups in total. The second kappa shape index (κ2) is 5.76. The number of hydrogen-bond donors (Lipinski definition) is 2. The van der Waals surface area contributed by atoms with Crippen LogP contribution in [0.25, 0.3) is 10.2 Å². The quantitative estimate of drug-likeness (QED) is 0.905. The molecular formula is C16H22N4OS. The maximum atomic E-state index is 9.25. The van der Waals surface area contributed by atoms with Gasteiger partial charge in [-0.2, -0.15) is 0 Å². The fourth-order valence-electron chi connectivity index (χ4n) is 3.71. The Balaban J connectivity index is 1.63. The van der Waals surface area contributed by atoms with Gasteiger partial charge in [-0.25, -0.2) is 9.97 Å². The van der Waals surface area contributed by atoms with Crippen molar-refractivity contribution in [3.63, 3.8) is 0 Å². The third-order valence-corrected chi connectivity index (χ3v) is 6.07. The van der Waals surface area contributed by atoms with E-state index < -0.39 is 0 Å². The fourth-order valence-corrected chi connectivity index (χ4v) is 5.00. The van der Waals surface area contributed by atoms with Gasteiger partial charge in [0.2, 0.25) is 0 Å². The van der Waals surface area contributed by atoms with E-state index in [9.17, 15) is 5.11 Å². The predicted octanol–water partition coefficient (Wildman–Crippen LogP) is 1.97. The monoisotopic (exact) mass is 318 g/mol. The first-order valence-electron chi connectivity index (χ1n) is 8.14. The number of aryl methyl sites for hydroxylation is 2. The summed E-state index contributed by atoms with van der Waals surface area (Å²) in [5.41, 5.74) is 7.65. The van der Waals surface area contributed by atoms with Crippen molar-refractivity contribution in [1.29, 1.82) is 0 Å². The van der Waals surface area contributed by atoms with E-state index >= 15 is 0 Å². The molecule has 1 saturated heterocycles. The van der Waals surface area contributed by atoms with Crippen molar-refractivity contribution in [3.05, 3.63) is 16.3 Å². The number of thiophene rings is 1. The molecule has 0 bridgehead atoms. The Hall–Kier alpha value is -1.24. The second-order valence-electron chi connectivity index (χ2n) is 6.49. The zero-order valence-electron chi connectivity index (χ0n) is 12.7. The molecule has 1 aliphatic carbocycles. The van der Waals surface area contributed by atoms with Crippen LogP contribution in [0.5, 0.6) is 0 Å². The van der Waals surface area contributed by atoms with Crippen LogP contribution >= 0.6 is 11.3 Å². The van der Waals surface area contributed by atoms with Gasteiger partial charge in [-0.1, -0.05) is 0 Å². The molecule has 0 aromatic carbocycles. The topological polar surface area (TPSA) is 75.3 Å². The Morgan fingerprint density at radius 1 is 1.27 bits per heavy atom. The molecule has 2 aromatic heterocycles. The minimum Gasteiger partial charge on any atom is -0.396 e. The Bertz CT molecular complexity index is 699. The SMILES string of the molecule is Nc1nc(CN2CCC(CO)C2)nc2sc3c(c12)CCCC3. The molecule has 0 spiro atoms. The van der Waals surface area contributed by atoms with E-state index in [1.807, 2.05) is 0 Å². The number of nitrogen functional groups attached to an aromatic ring is 1. The number of rotatable bonds is 3. The second-order valence-corrected chi connectivity index (χ2v) is 7.57. The Labute approximate surface area is 134 Å². The first-order chi connectivity index (χ1) is 10.7. The zero-order valence-corrected chi connectivity index (χ0v) is 13.5. The van der Waals surface area contributed by atoms with E-state index in [0.29, 0.717) is 11.7 Å². The summed E-state index contributed by atoms with van der Waals surface area (Å²) in [7, 11) is 0. The molecule has 6 heteroatoms. The highest BCUT2D eigenvalue weighted by molar-refractivity contribution is 7.19. The number of aliphatic hydroxyl groups is 1. The normalized spacial score (nSPS) is 22.3. The number of likely N-dealkylation sites (tertiary alicyclic amines) is 1. The van der Waals surface area contributed by atoms with E-state index in [4.69, 9.17) is 10.7 Å². The maximum Gasteiger partial charge on any atom is 0.146 e. The first kappa shape index (κ1) is 14.4. The molecule has 0 amide bonds. The third-order valence-electron chi connectivity index (χ3n) is 4.88. The summed E-state index contributed by atoms with van der Waals surface area (Å²) in [6.07, 6.45) is 5.86. The lowest BCUT2D eigenvalue weighted by atomic mass is 9.97. The van der Waals surface area contributed by atoms with E-state index in [-0.39, 0.29) is 6.61 Å². The van der Waals surface area contributed by atoms with Crippen LogP contribution in [0, 0.1) is 5.92 Å². The van der Waals surface area contributed by atoms with Gasteiger partial charge in [0.25, 0.3) is 0 Å². The Morgan fingerprint density at radius 3 is 2.95 bits per heavy atom. The number of fused-ring (bicyclic) bond motifs is 3. The molecule has 1 fully saturated rings. The molecule has 2 aliphatic rings. The molecule has 22 heavy (non-hydrogen) atoms. The van der Waals surface area contributed by atoms with E-state index in [2.05, 4.69) is 9.88 Å². The minimum atomic E-state index is 0.274. The standard InChI is InChI=1S/C16H22N4OS/c17-15-14-11-3-1-2-4-12(11)22-16(14)19-13(18-15)8-20-6-5-10(7-20)9-21/h10,21H,1-9H2,(H2,17,18,19). The highest BCUT2D eigenvalue weighted by atomic mass is 32.1. The van der Waals surface area contributed by atoms with Crippen LogP contribution in [0.1, 0.15) is 35.5 Å². The van der Waals surface area contributed by atoms with Gasteiger partial charge in [0, 0.05) is 18.0 Å². The highest BCUT2D eigenvalue weighted by Gasteiger charge is 2.24. The average Bonchev–Trinajstić information content (AvgIpc) is 3.10. The van der Waals surface area contributed by atoms with Gasteiger partial charge < -0.3 is 10.8 Å². The molecule has 5 nitrogen and oxygen atoms in total. The van der Waals surface area contributed by atoms with Gasteiger partial charge in [-0.3, -0.25) is 4.90 Å². The molecule has 3 heterocycles. The lowest BCUT2D eigenvalue weighted by Crippen LogP contribution is -2.22. The highest BCUT2D eigenvalue weighted by Crippen LogP contribution is 2.37. The lowest BCUT2D eigenvalue weighted by Gasteiger charge is -2.15. The summed E-state index contributed by atoms with van der Waals surface area (Å²) in [6, 6.07) is 0. The van der Waals surface area contributed by atoms with Crippen molar-refractivity contribution in [2.24, 2.45) is 5.92 Å². The number of nitrogens with zero attached hydrogens (tertiary/aromatic N) is 3. The molecule has 1 atom stereocenters. The van der Waals surface area contributed by atoms with Crippen LogP contribution in [0.2, 0.25) is 0 Å². The van der Waals surface area contributed by atoms with E-state index in [0.717, 1.165) is 54.9 Å². The molecule has 0 radical (unpaired) electrons. The van der Waals surface area contributed by atoms with Gasteiger partial charge in [-0.15, -0.1) is 11.3 Å². The molecular weight excluding hydrogens is 296 g/mol. The van der Waals surface area contributed by atoms with Crippen LogP contribution in [0.4, 0.5) is 5.82 Å². The molecule has 0 saturated carbocycles.